The molecule has 0 radical (unpaired) electrons. The molecular weight excluding hydrogens is 474 g/mol. The number of para-hydroxylation sites is 1. The summed E-state index contributed by atoms with van der Waals surface area (Å²) in [6, 6.07) is 35.7. The third-order valence-electron chi connectivity index (χ3n) is 6.37. The largest absolute Gasteiger partial charge is 0.493 e. The molecule has 194 valence electrons. The van der Waals surface area contributed by atoms with E-state index in [1.807, 2.05) is 102 Å². The molecule has 4 rings (SSSR count). The van der Waals surface area contributed by atoms with Crippen LogP contribution in [0.15, 0.2) is 109 Å². The molecule has 0 aromatic heterocycles. The van der Waals surface area contributed by atoms with Crippen molar-refractivity contribution < 1.29 is 19.4 Å². The second-order valence-corrected chi connectivity index (χ2v) is 9.25. The van der Waals surface area contributed by atoms with Gasteiger partial charge in [0.05, 0.1) is 6.61 Å². The van der Waals surface area contributed by atoms with E-state index in [-0.39, 0.29) is 12.3 Å². The van der Waals surface area contributed by atoms with Crippen molar-refractivity contribution in [2.75, 3.05) is 6.61 Å². The molecule has 0 saturated heterocycles. The predicted molar refractivity (Wildman–Crippen MR) is 150 cm³/mol. The number of aliphatic carboxylic acids is 1. The summed E-state index contributed by atoms with van der Waals surface area (Å²) >= 11 is 0. The molecule has 1 N–H and O–H groups in total. The first kappa shape index (κ1) is 26.7. The molecule has 0 aliphatic carbocycles. The van der Waals surface area contributed by atoms with Crippen LogP contribution in [0.4, 0.5) is 0 Å². The van der Waals surface area contributed by atoms with Crippen LogP contribution in [0.25, 0.3) is 11.1 Å². The van der Waals surface area contributed by atoms with E-state index in [9.17, 15) is 9.59 Å². The first-order valence-corrected chi connectivity index (χ1v) is 13.0. The maximum atomic E-state index is 13.7. The Morgan fingerprint density at radius 2 is 1.29 bits per heavy atom. The van der Waals surface area contributed by atoms with E-state index in [0.717, 1.165) is 40.8 Å². The number of carbonyl (C=O) groups is 2. The molecule has 0 atom stereocenters. The van der Waals surface area contributed by atoms with Gasteiger partial charge in [0, 0.05) is 30.6 Å². The average molecular weight is 508 g/mol. The first-order valence-electron chi connectivity index (χ1n) is 13.0. The number of ether oxygens (including phenoxy) is 1. The Bertz CT molecular complexity index is 1300. The van der Waals surface area contributed by atoms with Crippen molar-refractivity contribution in [1.82, 2.24) is 4.90 Å². The Morgan fingerprint density at radius 3 is 2.00 bits per heavy atom. The minimum absolute atomic E-state index is 0.0445. The highest BCUT2D eigenvalue weighted by Gasteiger charge is 2.19. The van der Waals surface area contributed by atoms with Gasteiger partial charge in [0.25, 0.3) is 5.91 Å². The minimum Gasteiger partial charge on any atom is -0.493 e. The lowest BCUT2D eigenvalue weighted by Gasteiger charge is -2.24. The number of rotatable bonds is 13. The molecule has 0 fully saturated rings. The number of amides is 1. The van der Waals surface area contributed by atoms with E-state index >= 15 is 0 Å². The van der Waals surface area contributed by atoms with Crippen molar-refractivity contribution in [1.29, 1.82) is 0 Å². The molecule has 0 unspecified atom stereocenters. The summed E-state index contributed by atoms with van der Waals surface area (Å²) in [6.45, 7) is 1.39. The zero-order chi connectivity index (χ0) is 26.6. The third-order valence-corrected chi connectivity index (χ3v) is 6.37. The number of nitrogens with zero attached hydrogens (tertiary/aromatic N) is 1. The highest BCUT2D eigenvalue weighted by atomic mass is 16.5. The van der Waals surface area contributed by atoms with E-state index < -0.39 is 5.97 Å². The molecule has 5 heteroatoms. The Hall–Kier alpha value is -4.38. The molecule has 1 amide bonds. The molecule has 0 bridgehead atoms. The van der Waals surface area contributed by atoms with Gasteiger partial charge in [-0.2, -0.15) is 0 Å². The topological polar surface area (TPSA) is 66.8 Å². The van der Waals surface area contributed by atoms with Gasteiger partial charge in [-0.3, -0.25) is 9.59 Å². The number of hydrogen-bond donors (Lipinski definition) is 1. The molecule has 0 saturated carbocycles. The van der Waals surface area contributed by atoms with E-state index in [1.165, 1.54) is 0 Å². The quantitative estimate of drug-likeness (QED) is 0.194. The average Bonchev–Trinajstić information content (AvgIpc) is 2.96. The zero-order valence-corrected chi connectivity index (χ0v) is 21.5. The summed E-state index contributed by atoms with van der Waals surface area (Å²) in [5.41, 5.74) is 4.81. The van der Waals surface area contributed by atoms with Crippen molar-refractivity contribution in [2.24, 2.45) is 0 Å². The van der Waals surface area contributed by atoms with Gasteiger partial charge in [0.2, 0.25) is 0 Å². The summed E-state index contributed by atoms with van der Waals surface area (Å²) in [5, 5.41) is 8.80. The van der Waals surface area contributed by atoms with Crippen molar-refractivity contribution in [3.05, 3.63) is 126 Å². The lowest BCUT2D eigenvalue weighted by Crippen LogP contribution is -2.30. The fraction of sp³-hybridized carbons (Fsp3) is 0.212. The lowest BCUT2D eigenvalue weighted by atomic mass is 10.0. The fourth-order valence-electron chi connectivity index (χ4n) is 4.34. The fourth-order valence-corrected chi connectivity index (χ4v) is 4.34. The van der Waals surface area contributed by atoms with E-state index in [0.29, 0.717) is 31.7 Å². The molecule has 38 heavy (non-hydrogen) atoms. The Balaban J connectivity index is 1.49. The van der Waals surface area contributed by atoms with Gasteiger partial charge in [-0.25, -0.2) is 0 Å². The zero-order valence-electron chi connectivity index (χ0n) is 21.5. The smallest absolute Gasteiger partial charge is 0.303 e. The number of hydrogen-bond acceptors (Lipinski definition) is 3. The molecule has 0 spiro atoms. The summed E-state index contributed by atoms with van der Waals surface area (Å²) < 4.78 is 6.06. The van der Waals surface area contributed by atoms with Crippen LogP contribution >= 0.6 is 0 Å². The van der Waals surface area contributed by atoms with Gasteiger partial charge in [-0.05, 0) is 54.2 Å². The highest BCUT2D eigenvalue weighted by Crippen LogP contribution is 2.24. The maximum absolute atomic E-state index is 13.7. The molecule has 0 aliphatic heterocycles. The van der Waals surface area contributed by atoms with Gasteiger partial charge >= 0.3 is 5.97 Å². The van der Waals surface area contributed by atoms with Crippen LogP contribution < -0.4 is 4.74 Å². The van der Waals surface area contributed by atoms with Gasteiger partial charge in [0.15, 0.2) is 0 Å². The number of carboxylic acid groups (broad SMARTS) is 1. The monoisotopic (exact) mass is 507 g/mol. The van der Waals surface area contributed by atoms with E-state index in [4.69, 9.17) is 9.84 Å². The normalized spacial score (nSPS) is 10.6. The third kappa shape index (κ3) is 7.81. The number of benzene rings is 4. The van der Waals surface area contributed by atoms with Crippen molar-refractivity contribution in [2.45, 2.75) is 38.8 Å². The highest BCUT2D eigenvalue weighted by molar-refractivity contribution is 5.94. The summed E-state index contributed by atoms with van der Waals surface area (Å²) in [4.78, 5) is 26.3. The second kappa shape index (κ2) is 13.8. The number of unbranched alkanes of at least 4 members (excludes halogenated alkanes) is 2. The van der Waals surface area contributed by atoms with Gasteiger partial charge in [-0.15, -0.1) is 0 Å². The van der Waals surface area contributed by atoms with Crippen LogP contribution in [0.2, 0.25) is 0 Å². The Labute approximate surface area is 224 Å². The number of carbonyl (C=O) groups excluding carboxylic acids is 1. The lowest BCUT2D eigenvalue weighted by molar-refractivity contribution is -0.137. The minimum atomic E-state index is -0.769. The maximum Gasteiger partial charge on any atom is 0.303 e. The van der Waals surface area contributed by atoms with Crippen molar-refractivity contribution >= 4 is 11.9 Å². The second-order valence-electron chi connectivity index (χ2n) is 9.25. The standard InChI is InChI=1S/C33H33NO4/c35-32(36)18-8-3-11-23-38-31-17-10-9-16-30(31)25-34(24-26-12-4-1-5-13-26)33(37)29-21-19-28(20-22-29)27-14-6-2-7-15-27/h1-2,4-7,9-10,12-17,19-22H,3,8,11,18,23-25H2,(H,35,36). The molecule has 0 heterocycles. The van der Waals surface area contributed by atoms with E-state index in [2.05, 4.69) is 12.1 Å². The van der Waals surface area contributed by atoms with Crippen LogP contribution in [0.5, 0.6) is 5.75 Å². The summed E-state index contributed by atoms with van der Waals surface area (Å²) in [7, 11) is 0. The predicted octanol–water partition coefficient (Wildman–Crippen LogP) is 7.22. The van der Waals surface area contributed by atoms with Crippen LogP contribution in [-0.2, 0) is 17.9 Å². The van der Waals surface area contributed by atoms with Crippen molar-refractivity contribution in [3.63, 3.8) is 0 Å². The first-order chi connectivity index (χ1) is 18.6. The van der Waals surface area contributed by atoms with Gasteiger partial charge < -0.3 is 14.7 Å². The van der Waals surface area contributed by atoms with Crippen LogP contribution in [-0.4, -0.2) is 28.5 Å². The molecule has 4 aromatic carbocycles. The van der Waals surface area contributed by atoms with Crippen molar-refractivity contribution in [3.8, 4) is 16.9 Å². The Morgan fingerprint density at radius 1 is 0.658 bits per heavy atom. The van der Waals surface area contributed by atoms with Crippen LogP contribution in [0, 0.1) is 0 Å². The number of carboxylic acids is 1. The SMILES string of the molecule is O=C(O)CCCCCOc1ccccc1CN(Cc1ccccc1)C(=O)c1ccc(-c2ccccc2)cc1. The van der Waals surface area contributed by atoms with Crippen LogP contribution in [0.1, 0.15) is 47.2 Å². The molecular formula is C33H33NO4. The summed E-state index contributed by atoms with van der Waals surface area (Å²) in [5.74, 6) is -0.0675. The Kier molecular flexibility index (Phi) is 9.69. The molecule has 4 aromatic rings. The van der Waals surface area contributed by atoms with Gasteiger partial charge in [0.1, 0.15) is 5.75 Å². The molecule has 5 nitrogen and oxygen atoms in total. The van der Waals surface area contributed by atoms with E-state index in [1.54, 1.807) is 0 Å². The van der Waals surface area contributed by atoms with Crippen LogP contribution in [0.3, 0.4) is 0 Å². The van der Waals surface area contributed by atoms with Gasteiger partial charge in [-0.1, -0.05) is 91.0 Å². The summed E-state index contributed by atoms with van der Waals surface area (Å²) in [6.07, 6.45) is 2.40. The molecule has 0 aliphatic rings.